The number of carbonyl (C=O) groups is 2. The molecular formula is C17H34LiNaO4. The Kier molecular flexibility index (Phi) is 21.4. The van der Waals surface area contributed by atoms with Crippen LogP contribution in [0, 0.1) is 5.41 Å². The molecule has 0 unspecified atom stereocenters. The predicted molar refractivity (Wildman–Crippen MR) is 86.7 cm³/mol. The first-order chi connectivity index (χ1) is 10.0. The zero-order valence-corrected chi connectivity index (χ0v) is 17.7. The standard InChI is InChI=1S/C17H32O4.Li.Na.2H/c1-3-5-6-7-8-9-10-11-12-13-14-17(4-2,15(18)19)16(20)21;;;;/h3-14H2,1-2H3,(H,18,19)(H,20,21);;;;/q;2*+1;2*-1. The summed E-state index contributed by atoms with van der Waals surface area (Å²) in [5.41, 5.74) is -1.58. The zero-order valence-electron chi connectivity index (χ0n) is 17.7. The van der Waals surface area contributed by atoms with E-state index in [4.69, 9.17) is 10.2 Å². The summed E-state index contributed by atoms with van der Waals surface area (Å²) in [5, 5.41) is 18.3. The van der Waals surface area contributed by atoms with Crippen molar-refractivity contribution in [3.05, 3.63) is 0 Å². The second-order valence-electron chi connectivity index (χ2n) is 5.98. The molecule has 0 atom stereocenters. The summed E-state index contributed by atoms with van der Waals surface area (Å²) in [7, 11) is 0. The van der Waals surface area contributed by atoms with Crippen LogP contribution in [-0.2, 0) is 9.59 Å². The van der Waals surface area contributed by atoms with Gasteiger partial charge in [-0.2, -0.15) is 0 Å². The topological polar surface area (TPSA) is 74.6 Å². The van der Waals surface area contributed by atoms with Crippen LogP contribution < -0.4 is 48.4 Å². The number of hydrogen-bond donors (Lipinski definition) is 2. The maximum atomic E-state index is 11.2. The van der Waals surface area contributed by atoms with Crippen LogP contribution in [-0.4, -0.2) is 22.2 Å². The van der Waals surface area contributed by atoms with Gasteiger partial charge in [-0.05, 0) is 12.8 Å². The van der Waals surface area contributed by atoms with E-state index in [2.05, 4.69) is 6.92 Å². The van der Waals surface area contributed by atoms with Crippen LogP contribution in [0.4, 0.5) is 0 Å². The minimum Gasteiger partial charge on any atom is -1.00 e. The van der Waals surface area contributed by atoms with Gasteiger partial charge in [-0.25, -0.2) is 0 Å². The van der Waals surface area contributed by atoms with E-state index >= 15 is 0 Å². The molecule has 0 aliphatic heterocycles. The first-order valence-corrected chi connectivity index (χ1v) is 8.48. The van der Waals surface area contributed by atoms with Crippen molar-refractivity contribution >= 4 is 11.9 Å². The van der Waals surface area contributed by atoms with E-state index in [1.54, 1.807) is 6.92 Å². The molecule has 0 amide bonds. The molecule has 0 radical (unpaired) electrons. The maximum Gasteiger partial charge on any atom is 1.00 e. The number of aliphatic carboxylic acids is 2. The van der Waals surface area contributed by atoms with E-state index in [-0.39, 0.29) is 64.1 Å². The molecule has 0 rings (SSSR count). The summed E-state index contributed by atoms with van der Waals surface area (Å²) >= 11 is 0. The molecule has 0 spiro atoms. The molecule has 2 N–H and O–H groups in total. The van der Waals surface area contributed by atoms with Crippen molar-refractivity contribution in [1.82, 2.24) is 0 Å². The van der Waals surface area contributed by atoms with E-state index in [0.29, 0.717) is 6.42 Å². The van der Waals surface area contributed by atoms with Gasteiger partial charge >= 0.3 is 60.4 Å². The van der Waals surface area contributed by atoms with Gasteiger partial charge in [0, 0.05) is 0 Å². The van der Waals surface area contributed by atoms with Crippen LogP contribution in [0.1, 0.15) is 93.8 Å². The molecule has 0 heterocycles. The van der Waals surface area contributed by atoms with Gasteiger partial charge < -0.3 is 13.1 Å². The first-order valence-electron chi connectivity index (χ1n) is 8.48. The van der Waals surface area contributed by atoms with Crippen molar-refractivity contribution < 1.29 is 71.1 Å². The third-order valence-electron chi connectivity index (χ3n) is 4.38. The fourth-order valence-corrected chi connectivity index (χ4v) is 2.70. The summed E-state index contributed by atoms with van der Waals surface area (Å²) in [6, 6.07) is 0. The normalized spacial score (nSPS) is 10.5. The molecule has 0 aromatic heterocycles. The van der Waals surface area contributed by atoms with E-state index in [1.165, 1.54) is 44.9 Å². The zero-order chi connectivity index (χ0) is 16.1. The summed E-state index contributed by atoms with van der Waals surface area (Å²) in [6.07, 6.45) is 12.0. The molecule has 23 heavy (non-hydrogen) atoms. The number of carboxylic acid groups (broad SMARTS) is 2. The molecule has 6 heteroatoms. The quantitative estimate of drug-likeness (QED) is 0.246. The van der Waals surface area contributed by atoms with Gasteiger partial charge in [-0.15, -0.1) is 0 Å². The molecule has 4 nitrogen and oxygen atoms in total. The fraction of sp³-hybridized carbons (Fsp3) is 0.882. The van der Waals surface area contributed by atoms with Crippen molar-refractivity contribution in [2.75, 3.05) is 0 Å². The largest absolute Gasteiger partial charge is 1.00 e. The van der Waals surface area contributed by atoms with E-state index < -0.39 is 17.4 Å². The Balaban J connectivity index is -0.000000333. The third kappa shape index (κ3) is 11.7. The average molecular weight is 332 g/mol. The summed E-state index contributed by atoms with van der Waals surface area (Å²) < 4.78 is 0. The van der Waals surface area contributed by atoms with Crippen molar-refractivity contribution in [1.29, 1.82) is 0 Å². The second kappa shape index (κ2) is 17.4. The van der Waals surface area contributed by atoms with Gasteiger partial charge in [0.1, 0.15) is 0 Å². The molecule has 0 aromatic rings. The Bertz CT molecular complexity index is 307. The molecule has 0 aromatic carbocycles. The van der Waals surface area contributed by atoms with Crippen molar-refractivity contribution in [3.63, 3.8) is 0 Å². The van der Waals surface area contributed by atoms with E-state index in [9.17, 15) is 9.59 Å². The van der Waals surface area contributed by atoms with Crippen molar-refractivity contribution in [3.8, 4) is 0 Å². The summed E-state index contributed by atoms with van der Waals surface area (Å²) in [4.78, 5) is 22.4. The summed E-state index contributed by atoms with van der Waals surface area (Å²) in [5.74, 6) is -2.40. The molecule has 128 valence electrons. The second-order valence-corrected chi connectivity index (χ2v) is 5.98. The van der Waals surface area contributed by atoms with Crippen molar-refractivity contribution in [2.24, 2.45) is 5.41 Å². The van der Waals surface area contributed by atoms with Gasteiger partial charge in [0.05, 0.1) is 0 Å². The minimum absolute atomic E-state index is 0. The van der Waals surface area contributed by atoms with Crippen LogP contribution in [0.5, 0.6) is 0 Å². The minimum atomic E-state index is -1.58. The van der Waals surface area contributed by atoms with E-state index in [1.807, 2.05) is 0 Å². The third-order valence-corrected chi connectivity index (χ3v) is 4.38. The van der Waals surface area contributed by atoms with Gasteiger partial charge in [0.15, 0.2) is 5.41 Å². The molecule has 0 aliphatic rings. The SMILES string of the molecule is CCCCCCCCCCCCC(CC)(C(=O)O)C(=O)O.[H-].[H-].[Li+].[Na+]. The molecule has 0 saturated carbocycles. The smallest absolute Gasteiger partial charge is 1.00 e. The Morgan fingerprint density at radius 1 is 0.783 bits per heavy atom. The Morgan fingerprint density at radius 2 is 1.13 bits per heavy atom. The average Bonchev–Trinajstić information content (AvgIpc) is 2.44. The Labute approximate surface area is 178 Å². The summed E-state index contributed by atoms with van der Waals surface area (Å²) in [6.45, 7) is 3.85. The molecule has 0 bridgehead atoms. The number of carboxylic acids is 2. The van der Waals surface area contributed by atoms with Gasteiger partial charge in [0.25, 0.3) is 0 Å². The van der Waals surface area contributed by atoms with E-state index in [0.717, 1.165) is 12.8 Å². The van der Waals surface area contributed by atoms with Crippen LogP contribution in [0.25, 0.3) is 0 Å². The van der Waals surface area contributed by atoms with Crippen molar-refractivity contribution in [2.45, 2.75) is 90.9 Å². The van der Waals surface area contributed by atoms with Crippen LogP contribution in [0.15, 0.2) is 0 Å². The molecule has 0 fully saturated rings. The molecule has 0 aliphatic carbocycles. The monoisotopic (exact) mass is 332 g/mol. The van der Waals surface area contributed by atoms with Crippen LogP contribution in [0.2, 0.25) is 0 Å². The van der Waals surface area contributed by atoms with Gasteiger partial charge in [-0.3, -0.25) is 9.59 Å². The van der Waals surface area contributed by atoms with Gasteiger partial charge in [0.2, 0.25) is 0 Å². The van der Waals surface area contributed by atoms with Gasteiger partial charge in [-0.1, -0.05) is 78.1 Å². The first kappa shape index (κ1) is 28.3. The van der Waals surface area contributed by atoms with Crippen LogP contribution >= 0.6 is 0 Å². The number of unbranched alkanes of at least 4 members (excludes halogenated alkanes) is 9. The van der Waals surface area contributed by atoms with Crippen LogP contribution in [0.3, 0.4) is 0 Å². The molecular weight excluding hydrogens is 298 g/mol. The fourth-order valence-electron chi connectivity index (χ4n) is 2.70. The Morgan fingerprint density at radius 3 is 1.43 bits per heavy atom. The predicted octanol–water partition coefficient (Wildman–Crippen LogP) is -0.904. The number of rotatable bonds is 14. The Hall–Kier alpha value is 0.537. The molecule has 0 saturated heterocycles. The maximum absolute atomic E-state index is 11.2. The number of hydrogen-bond acceptors (Lipinski definition) is 2.